The van der Waals surface area contributed by atoms with Gasteiger partial charge in [-0.25, -0.2) is 0 Å². The van der Waals surface area contributed by atoms with E-state index in [9.17, 15) is 0 Å². The first kappa shape index (κ1) is 12.9. The standard InChI is InChI=1S/C16H21NO/c1-3-5-12-6-8-13(9-7-12)16(17)15-11-10-14(4-2)18-15/h6-11,16H,3-5,17H2,1-2H3. The van der Waals surface area contributed by atoms with Crippen LogP contribution in [0.25, 0.3) is 0 Å². The molecule has 1 aromatic heterocycles. The summed E-state index contributed by atoms with van der Waals surface area (Å²) in [6, 6.07) is 12.3. The summed E-state index contributed by atoms with van der Waals surface area (Å²) in [6.45, 7) is 4.27. The van der Waals surface area contributed by atoms with Gasteiger partial charge in [0.05, 0.1) is 6.04 Å². The predicted octanol–water partition coefficient (Wildman–Crippen LogP) is 3.84. The van der Waals surface area contributed by atoms with Gasteiger partial charge in [-0.05, 0) is 29.7 Å². The van der Waals surface area contributed by atoms with E-state index in [1.165, 1.54) is 12.0 Å². The summed E-state index contributed by atoms with van der Waals surface area (Å²) in [5.74, 6) is 1.83. The number of hydrogen-bond donors (Lipinski definition) is 1. The van der Waals surface area contributed by atoms with Crippen molar-refractivity contribution in [1.29, 1.82) is 0 Å². The average molecular weight is 243 g/mol. The highest BCUT2D eigenvalue weighted by Gasteiger charge is 2.12. The van der Waals surface area contributed by atoms with Crippen LogP contribution in [-0.2, 0) is 12.8 Å². The van der Waals surface area contributed by atoms with E-state index in [0.29, 0.717) is 0 Å². The zero-order valence-electron chi connectivity index (χ0n) is 11.1. The number of rotatable bonds is 5. The van der Waals surface area contributed by atoms with Crippen LogP contribution in [0.3, 0.4) is 0 Å². The molecule has 2 rings (SSSR count). The van der Waals surface area contributed by atoms with Gasteiger partial charge in [-0.3, -0.25) is 0 Å². The Kier molecular flexibility index (Phi) is 4.21. The van der Waals surface area contributed by atoms with Crippen molar-refractivity contribution in [3.8, 4) is 0 Å². The number of furan rings is 1. The fourth-order valence-electron chi connectivity index (χ4n) is 2.10. The van der Waals surface area contributed by atoms with Gasteiger partial charge in [-0.1, -0.05) is 44.5 Å². The Bertz CT molecular complexity index is 484. The van der Waals surface area contributed by atoms with Crippen LogP contribution >= 0.6 is 0 Å². The highest BCUT2D eigenvalue weighted by atomic mass is 16.3. The van der Waals surface area contributed by atoms with Crippen LogP contribution in [0.4, 0.5) is 0 Å². The largest absolute Gasteiger partial charge is 0.464 e. The van der Waals surface area contributed by atoms with Gasteiger partial charge in [0.25, 0.3) is 0 Å². The van der Waals surface area contributed by atoms with E-state index in [0.717, 1.165) is 29.9 Å². The lowest BCUT2D eigenvalue weighted by molar-refractivity contribution is 0.454. The summed E-state index contributed by atoms with van der Waals surface area (Å²) in [6.07, 6.45) is 3.20. The molecule has 1 heterocycles. The molecule has 1 unspecified atom stereocenters. The third-order valence-corrected chi connectivity index (χ3v) is 3.21. The molecule has 0 aliphatic rings. The molecule has 0 fully saturated rings. The van der Waals surface area contributed by atoms with E-state index >= 15 is 0 Å². The molecule has 0 amide bonds. The molecule has 2 nitrogen and oxygen atoms in total. The van der Waals surface area contributed by atoms with E-state index in [-0.39, 0.29) is 6.04 Å². The fourth-order valence-corrected chi connectivity index (χ4v) is 2.10. The summed E-state index contributed by atoms with van der Waals surface area (Å²) in [5, 5.41) is 0. The third-order valence-electron chi connectivity index (χ3n) is 3.21. The normalized spacial score (nSPS) is 12.6. The van der Waals surface area contributed by atoms with Gasteiger partial charge in [0, 0.05) is 6.42 Å². The molecule has 2 N–H and O–H groups in total. The molecule has 0 saturated heterocycles. The van der Waals surface area contributed by atoms with E-state index in [1.54, 1.807) is 0 Å². The second-order valence-electron chi connectivity index (χ2n) is 4.63. The quantitative estimate of drug-likeness (QED) is 0.866. The summed E-state index contributed by atoms with van der Waals surface area (Å²) in [7, 11) is 0. The Hall–Kier alpha value is -1.54. The molecule has 1 atom stereocenters. The molecule has 18 heavy (non-hydrogen) atoms. The van der Waals surface area contributed by atoms with Crippen LogP contribution in [0.5, 0.6) is 0 Å². The van der Waals surface area contributed by atoms with Crippen LogP contribution in [0.1, 0.15) is 49.0 Å². The molecule has 0 aliphatic carbocycles. The lowest BCUT2D eigenvalue weighted by Crippen LogP contribution is -2.10. The maximum atomic E-state index is 6.21. The molecule has 1 aromatic carbocycles. The molecule has 96 valence electrons. The predicted molar refractivity (Wildman–Crippen MR) is 74.6 cm³/mol. The monoisotopic (exact) mass is 243 g/mol. The van der Waals surface area contributed by atoms with Crippen molar-refractivity contribution in [2.75, 3.05) is 0 Å². The highest BCUT2D eigenvalue weighted by Crippen LogP contribution is 2.22. The van der Waals surface area contributed by atoms with Crippen molar-refractivity contribution in [2.24, 2.45) is 5.73 Å². The first-order valence-corrected chi connectivity index (χ1v) is 6.67. The highest BCUT2D eigenvalue weighted by molar-refractivity contribution is 5.30. The van der Waals surface area contributed by atoms with E-state index in [4.69, 9.17) is 10.2 Å². The van der Waals surface area contributed by atoms with E-state index < -0.39 is 0 Å². The van der Waals surface area contributed by atoms with Crippen LogP contribution in [0.2, 0.25) is 0 Å². The van der Waals surface area contributed by atoms with Crippen LogP contribution in [0, 0.1) is 0 Å². The van der Waals surface area contributed by atoms with Crippen molar-refractivity contribution >= 4 is 0 Å². The number of aryl methyl sites for hydroxylation is 2. The third kappa shape index (κ3) is 2.82. The van der Waals surface area contributed by atoms with Crippen LogP contribution in [0.15, 0.2) is 40.8 Å². The minimum absolute atomic E-state index is 0.166. The molecule has 0 radical (unpaired) electrons. The van der Waals surface area contributed by atoms with E-state index in [1.807, 2.05) is 12.1 Å². The van der Waals surface area contributed by atoms with Gasteiger partial charge < -0.3 is 10.2 Å². The van der Waals surface area contributed by atoms with Gasteiger partial charge in [0.2, 0.25) is 0 Å². The Morgan fingerprint density at radius 1 is 1.06 bits per heavy atom. The van der Waals surface area contributed by atoms with Crippen LogP contribution in [-0.4, -0.2) is 0 Å². The topological polar surface area (TPSA) is 39.2 Å². The smallest absolute Gasteiger partial charge is 0.125 e. The van der Waals surface area contributed by atoms with Crippen molar-refractivity contribution in [3.63, 3.8) is 0 Å². The van der Waals surface area contributed by atoms with Crippen molar-refractivity contribution in [2.45, 2.75) is 39.2 Å². The molecule has 0 bridgehead atoms. The van der Waals surface area contributed by atoms with E-state index in [2.05, 4.69) is 38.1 Å². The molecule has 2 aromatic rings. The Morgan fingerprint density at radius 3 is 2.33 bits per heavy atom. The molecule has 0 saturated carbocycles. The Labute approximate surface area is 109 Å². The Balaban J connectivity index is 2.14. The molecular weight excluding hydrogens is 222 g/mol. The maximum Gasteiger partial charge on any atom is 0.125 e. The zero-order chi connectivity index (χ0) is 13.0. The average Bonchev–Trinajstić information content (AvgIpc) is 2.88. The number of hydrogen-bond acceptors (Lipinski definition) is 2. The minimum Gasteiger partial charge on any atom is -0.464 e. The van der Waals surface area contributed by atoms with Crippen molar-refractivity contribution in [1.82, 2.24) is 0 Å². The SMILES string of the molecule is CCCc1ccc(C(N)c2ccc(CC)o2)cc1. The second-order valence-corrected chi connectivity index (χ2v) is 4.63. The van der Waals surface area contributed by atoms with Crippen LogP contribution < -0.4 is 5.73 Å². The van der Waals surface area contributed by atoms with Crippen molar-refractivity contribution < 1.29 is 4.42 Å². The van der Waals surface area contributed by atoms with Gasteiger partial charge >= 0.3 is 0 Å². The summed E-state index contributed by atoms with van der Waals surface area (Å²) in [4.78, 5) is 0. The maximum absolute atomic E-state index is 6.21. The summed E-state index contributed by atoms with van der Waals surface area (Å²) in [5.41, 5.74) is 8.68. The molecule has 0 spiro atoms. The Morgan fingerprint density at radius 2 is 1.78 bits per heavy atom. The molecule has 0 aliphatic heterocycles. The van der Waals surface area contributed by atoms with Gasteiger partial charge in [-0.2, -0.15) is 0 Å². The number of benzene rings is 1. The van der Waals surface area contributed by atoms with Crippen molar-refractivity contribution in [3.05, 3.63) is 59.0 Å². The summed E-state index contributed by atoms with van der Waals surface area (Å²) < 4.78 is 5.70. The second kappa shape index (κ2) is 5.87. The minimum atomic E-state index is -0.166. The van der Waals surface area contributed by atoms with Gasteiger partial charge in [-0.15, -0.1) is 0 Å². The molecular formula is C16H21NO. The lowest BCUT2D eigenvalue weighted by Gasteiger charge is -2.10. The first-order valence-electron chi connectivity index (χ1n) is 6.67. The lowest BCUT2D eigenvalue weighted by atomic mass is 10.0. The van der Waals surface area contributed by atoms with Gasteiger partial charge in [0.15, 0.2) is 0 Å². The van der Waals surface area contributed by atoms with Gasteiger partial charge in [0.1, 0.15) is 11.5 Å². The number of nitrogens with two attached hydrogens (primary N) is 1. The first-order chi connectivity index (χ1) is 8.74. The fraction of sp³-hybridized carbons (Fsp3) is 0.375. The summed E-state index contributed by atoms with van der Waals surface area (Å²) >= 11 is 0. The zero-order valence-corrected chi connectivity index (χ0v) is 11.1. The molecule has 2 heteroatoms.